The van der Waals surface area contributed by atoms with E-state index >= 15 is 0 Å². The van der Waals surface area contributed by atoms with Crippen molar-refractivity contribution >= 4 is 43.6 Å². The second-order valence-corrected chi connectivity index (χ2v) is 8.53. The van der Waals surface area contributed by atoms with Crippen molar-refractivity contribution in [1.29, 1.82) is 0 Å². The number of hydrogen-bond acceptors (Lipinski definition) is 0. The molecule has 0 bridgehead atoms. The molecule has 0 spiro atoms. The summed E-state index contributed by atoms with van der Waals surface area (Å²) in [7, 11) is 0. The standard InChI is InChI=1S/C36H24N2/c1-2-11-25(12-3-1)26-21-23-27(24-22-26)37-33-18-9-6-15-30(33)36-34(37)19-10-20-35(36)38-31-16-7-4-13-28(31)29-14-5-8-17-32(29)38/h1-24H/i1D,2D,3D,4D,5D,7D,8D,11D,12D,13D,14D,16D,17D,21D,22D,23D,24D. The van der Waals surface area contributed by atoms with Crippen LogP contribution in [0.5, 0.6) is 0 Å². The molecule has 0 unspecified atom stereocenters. The summed E-state index contributed by atoms with van der Waals surface area (Å²) in [6.07, 6.45) is 0. The summed E-state index contributed by atoms with van der Waals surface area (Å²) in [5.74, 6) is 0. The Hall–Kier alpha value is -5.08. The van der Waals surface area contributed by atoms with Gasteiger partial charge >= 0.3 is 0 Å². The molecule has 0 aliphatic carbocycles. The molecule has 0 atom stereocenters. The largest absolute Gasteiger partial charge is 0.309 e. The molecular weight excluding hydrogens is 460 g/mol. The third kappa shape index (κ3) is 3.01. The van der Waals surface area contributed by atoms with Crippen molar-refractivity contribution in [2.45, 2.75) is 0 Å². The molecule has 2 nitrogen and oxygen atoms in total. The molecule has 2 heteroatoms. The summed E-state index contributed by atoms with van der Waals surface area (Å²) in [5, 5.41) is 0.632. The molecule has 0 N–H and O–H groups in total. The fourth-order valence-corrected chi connectivity index (χ4v) is 5.01. The normalized spacial score (nSPS) is 17.9. The minimum Gasteiger partial charge on any atom is -0.309 e. The third-order valence-electron chi connectivity index (χ3n) is 6.53. The summed E-state index contributed by atoms with van der Waals surface area (Å²) in [6.45, 7) is 0. The third-order valence-corrected chi connectivity index (χ3v) is 6.53. The van der Waals surface area contributed by atoms with Gasteiger partial charge in [-0.3, -0.25) is 0 Å². The minimum atomic E-state index is -0.702. The maximum atomic E-state index is 9.20. The van der Waals surface area contributed by atoms with E-state index in [2.05, 4.69) is 0 Å². The zero-order valence-corrected chi connectivity index (χ0v) is 19.4. The highest BCUT2D eigenvalue weighted by molar-refractivity contribution is 6.16. The van der Waals surface area contributed by atoms with Crippen molar-refractivity contribution in [2.75, 3.05) is 0 Å². The second-order valence-electron chi connectivity index (χ2n) is 8.53. The lowest BCUT2D eigenvalue weighted by Crippen LogP contribution is -1.96. The Morgan fingerprint density at radius 2 is 1.03 bits per heavy atom. The van der Waals surface area contributed by atoms with Crippen LogP contribution >= 0.6 is 0 Å². The molecule has 8 aromatic rings. The quantitative estimate of drug-likeness (QED) is 0.228. The van der Waals surface area contributed by atoms with E-state index in [0.717, 1.165) is 0 Å². The average molecular weight is 502 g/mol. The SMILES string of the molecule is [2H]c1c([2H])c([2H])c(-c2c([2H])c([2H])c(-n3c4ccccc4c4c(-n5c6c([2H])c([2H])c([2H])c([2H])c6c6c([2H])c([2H])c([2H])c([2H])c65)cccc43)c([2H])c2[2H])c([2H])c1[2H]. The van der Waals surface area contributed by atoms with Crippen LogP contribution in [-0.4, -0.2) is 9.13 Å². The number of benzene rings is 6. The Balaban J connectivity index is 1.55. The minimum absolute atomic E-state index is 0.107. The van der Waals surface area contributed by atoms with Crippen LogP contribution in [0.4, 0.5) is 0 Å². The van der Waals surface area contributed by atoms with Gasteiger partial charge in [0, 0.05) is 27.2 Å². The Kier molecular flexibility index (Phi) is 2.24. The number of fused-ring (bicyclic) bond motifs is 6. The number of aromatic nitrogens is 2. The zero-order valence-electron chi connectivity index (χ0n) is 36.4. The predicted molar refractivity (Wildman–Crippen MR) is 161 cm³/mol. The Labute approximate surface area is 244 Å². The van der Waals surface area contributed by atoms with Crippen LogP contribution in [0.2, 0.25) is 0 Å². The van der Waals surface area contributed by atoms with E-state index < -0.39 is 114 Å². The Bertz CT molecular complexity index is 2940. The van der Waals surface area contributed by atoms with Crippen LogP contribution in [0.3, 0.4) is 0 Å². The van der Waals surface area contributed by atoms with Gasteiger partial charge in [-0.25, -0.2) is 0 Å². The van der Waals surface area contributed by atoms with Crippen molar-refractivity contribution in [3.8, 4) is 22.5 Å². The molecule has 8 rings (SSSR count). The average Bonchev–Trinajstić information content (AvgIpc) is 3.71. The van der Waals surface area contributed by atoms with Crippen LogP contribution in [0.15, 0.2) is 145 Å². The monoisotopic (exact) mass is 501 g/mol. The summed E-state index contributed by atoms with van der Waals surface area (Å²) < 4.78 is 150. The molecule has 0 fully saturated rings. The first-order valence-electron chi connectivity index (χ1n) is 20.2. The molecule has 178 valence electrons. The maximum absolute atomic E-state index is 9.20. The van der Waals surface area contributed by atoms with Gasteiger partial charge in [0.2, 0.25) is 0 Å². The Morgan fingerprint density at radius 3 is 1.76 bits per heavy atom. The molecule has 0 aliphatic heterocycles. The molecule has 0 aliphatic rings. The summed E-state index contributed by atoms with van der Waals surface area (Å²) in [4.78, 5) is 0. The highest BCUT2D eigenvalue weighted by Gasteiger charge is 2.19. The van der Waals surface area contributed by atoms with Gasteiger partial charge < -0.3 is 9.13 Å². The molecule has 6 aromatic carbocycles. The lowest BCUT2D eigenvalue weighted by molar-refractivity contribution is 1.17. The van der Waals surface area contributed by atoms with E-state index in [1.807, 2.05) is 0 Å². The smallest absolute Gasteiger partial charge is 0.0645 e. The van der Waals surface area contributed by atoms with E-state index in [-0.39, 0.29) is 33.2 Å². The number of rotatable bonds is 3. The lowest BCUT2D eigenvalue weighted by Gasteiger charge is -2.12. The van der Waals surface area contributed by atoms with Gasteiger partial charge in [0.25, 0.3) is 0 Å². The first kappa shape index (κ1) is 10.4. The zero-order chi connectivity index (χ0) is 39.8. The second kappa shape index (κ2) is 8.22. The van der Waals surface area contributed by atoms with Crippen molar-refractivity contribution in [3.05, 3.63) is 145 Å². The van der Waals surface area contributed by atoms with Crippen LogP contribution in [0.1, 0.15) is 23.3 Å². The van der Waals surface area contributed by atoms with E-state index in [9.17, 15) is 2.74 Å². The summed E-state index contributed by atoms with van der Waals surface area (Å²) in [5.41, 5.74) is -0.508. The van der Waals surface area contributed by atoms with Gasteiger partial charge in [0.05, 0.1) is 51.1 Å². The van der Waals surface area contributed by atoms with Crippen LogP contribution in [0, 0.1) is 0 Å². The van der Waals surface area contributed by atoms with E-state index in [1.54, 1.807) is 42.5 Å². The Morgan fingerprint density at radius 1 is 0.421 bits per heavy atom. The predicted octanol–water partition coefficient (Wildman–Crippen LogP) is 9.55. The van der Waals surface area contributed by atoms with E-state index in [0.29, 0.717) is 21.8 Å². The molecular formula is C36H24N2. The molecule has 2 aromatic heterocycles. The molecule has 0 saturated carbocycles. The van der Waals surface area contributed by atoms with Gasteiger partial charge in [0.15, 0.2) is 0 Å². The summed E-state index contributed by atoms with van der Waals surface area (Å²) >= 11 is 0. The first-order valence-corrected chi connectivity index (χ1v) is 11.7. The van der Waals surface area contributed by atoms with Crippen LogP contribution in [0.25, 0.3) is 66.1 Å². The molecule has 0 radical (unpaired) electrons. The molecule has 0 amide bonds. The van der Waals surface area contributed by atoms with Crippen molar-refractivity contribution in [1.82, 2.24) is 9.13 Å². The molecule has 2 heterocycles. The summed E-state index contributed by atoms with van der Waals surface area (Å²) in [6, 6.07) is 1.30. The van der Waals surface area contributed by atoms with Crippen molar-refractivity contribution in [3.63, 3.8) is 0 Å². The lowest BCUT2D eigenvalue weighted by atomic mass is 10.1. The van der Waals surface area contributed by atoms with Crippen molar-refractivity contribution < 1.29 is 23.3 Å². The first-order chi connectivity index (χ1) is 25.9. The molecule has 0 saturated heterocycles. The highest BCUT2D eigenvalue weighted by atomic mass is 15.0. The van der Waals surface area contributed by atoms with E-state index in [4.69, 9.17) is 20.6 Å². The molecule has 38 heavy (non-hydrogen) atoms. The topological polar surface area (TPSA) is 9.86 Å². The number of para-hydroxylation sites is 3. The van der Waals surface area contributed by atoms with Crippen LogP contribution < -0.4 is 0 Å². The van der Waals surface area contributed by atoms with Gasteiger partial charge in [0.1, 0.15) is 0 Å². The van der Waals surface area contributed by atoms with E-state index in [1.165, 1.54) is 9.13 Å². The van der Waals surface area contributed by atoms with Gasteiger partial charge in [-0.1, -0.05) is 103 Å². The van der Waals surface area contributed by atoms with Gasteiger partial charge in [-0.15, -0.1) is 0 Å². The maximum Gasteiger partial charge on any atom is 0.0645 e. The van der Waals surface area contributed by atoms with Crippen molar-refractivity contribution in [2.24, 2.45) is 0 Å². The van der Waals surface area contributed by atoms with Gasteiger partial charge in [-0.05, 0) is 53.5 Å². The number of hydrogen-bond donors (Lipinski definition) is 0. The van der Waals surface area contributed by atoms with Gasteiger partial charge in [-0.2, -0.15) is 0 Å². The van der Waals surface area contributed by atoms with Crippen LogP contribution in [-0.2, 0) is 0 Å². The fraction of sp³-hybridized carbons (Fsp3) is 0. The fourth-order valence-electron chi connectivity index (χ4n) is 5.01. The highest BCUT2D eigenvalue weighted by Crippen LogP contribution is 2.39. The number of nitrogens with zero attached hydrogens (tertiary/aromatic N) is 2.